The minimum atomic E-state index is -0.608. The molecule has 3 aliphatic heterocycles. The van der Waals surface area contributed by atoms with Gasteiger partial charge in [0.1, 0.15) is 12.6 Å². The molecule has 2 unspecified atom stereocenters. The Morgan fingerprint density at radius 1 is 1.14 bits per heavy atom. The van der Waals surface area contributed by atoms with E-state index in [0.29, 0.717) is 18.3 Å². The fraction of sp³-hybridized carbons (Fsp3) is 0.350. The number of nitrogens with zero attached hydrogens (tertiary/aromatic N) is 6. The topological polar surface area (TPSA) is 71.6 Å². The summed E-state index contributed by atoms with van der Waals surface area (Å²) in [7, 11) is 3.15. The lowest BCUT2D eigenvalue weighted by atomic mass is 10.1. The maximum absolute atomic E-state index is 12.8. The van der Waals surface area contributed by atoms with Crippen molar-refractivity contribution in [2.45, 2.75) is 25.9 Å². The average Bonchev–Trinajstić information content (AvgIpc) is 3.10. The van der Waals surface area contributed by atoms with E-state index >= 15 is 0 Å². The van der Waals surface area contributed by atoms with E-state index in [2.05, 4.69) is 10.1 Å². The van der Waals surface area contributed by atoms with Crippen molar-refractivity contribution in [3.8, 4) is 0 Å². The van der Waals surface area contributed by atoms with Crippen LogP contribution in [-0.4, -0.2) is 81.6 Å². The SMILES string of the molecule is CC1=NN(C/C=C/c2ccccc2)C2=[N+](C1C)C1C(=O)N(C)C(=O)N(C)C1=N2. The van der Waals surface area contributed by atoms with Crippen LogP contribution in [-0.2, 0) is 4.79 Å². The number of amidine groups is 1. The first-order valence-corrected chi connectivity index (χ1v) is 9.23. The standard InChI is InChI=1S/C20H23N6O2/c1-13-14(2)26-16-17(23(3)20(28)24(4)18(16)27)21-19(26)25(22-13)12-8-11-15-9-6-5-7-10-15/h5-11,14,16H,12H2,1-4H3/q+1/b11-8+. The van der Waals surface area contributed by atoms with Gasteiger partial charge in [0.05, 0.1) is 5.71 Å². The first-order chi connectivity index (χ1) is 13.4. The van der Waals surface area contributed by atoms with Gasteiger partial charge in [-0.2, -0.15) is 0 Å². The highest BCUT2D eigenvalue weighted by molar-refractivity contribution is 6.23. The van der Waals surface area contributed by atoms with Crippen LogP contribution in [0.1, 0.15) is 19.4 Å². The van der Waals surface area contributed by atoms with Crippen molar-refractivity contribution in [3.63, 3.8) is 0 Å². The highest BCUT2D eigenvalue weighted by Crippen LogP contribution is 2.24. The van der Waals surface area contributed by atoms with Gasteiger partial charge in [-0.3, -0.25) is 14.6 Å². The number of amides is 3. The molecule has 1 aromatic carbocycles. The van der Waals surface area contributed by atoms with Crippen molar-refractivity contribution in [1.29, 1.82) is 0 Å². The largest absolute Gasteiger partial charge is 0.417 e. The van der Waals surface area contributed by atoms with E-state index in [-0.39, 0.29) is 18.0 Å². The van der Waals surface area contributed by atoms with Gasteiger partial charge in [-0.25, -0.2) is 9.37 Å². The van der Waals surface area contributed by atoms with Crippen molar-refractivity contribution < 1.29 is 14.2 Å². The number of likely N-dealkylation sites (N-methyl/N-ethyl adjacent to an activating group) is 2. The number of urea groups is 1. The van der Waals surface area contributed by atoms with Gasteiger partial charge in [0.15, 0.2) is 0 Å². The molecule has 3 heterocycles. The van der Waals surface area contributed by atoms with Crippen LogP contribution in [0.25, 0.3) is 6.08 Å². The molecule has 3 aliphatic rings. The number of carbonyl (C=O) groups is 2. The maximum atomic E-state index is 12.8. The number of guanidine groups is 1. The fourth-order valence-corrected chi connectivity index (χ4v) is 3.63. The summed E-state index contributed by atoms with van der Waals surface area (Å²) in [5.41, 5.74) is 1.99. The molecule has 28 heavy (non-hydrogen) atoms. The number of aliphatic imine (C=N–C) groups is 1. The highest BCUT2D eigenvalue weighted by atomic mass is 16.2. The molecule has 3 amide bonds. The monoisotopic (exact) mass is 379 g/mol. The van der Waals surface area contributed by atoms with Gasteiger partial charge in [0, 0.05) is 14.1 Å². The van der Waals surface area contributed by atoms with E-state index in [1.165, 1.54) is 11.9 Å². The van der Waals surface area contributed by atoms with Crippen LogP contribution in [0.4, 0.5) is 4.79 Å². The third kappa shape index (κ3) is 2.72. The number of carbonyl (C=O) groups excluding carboxylic acids is 2. The zero-order valence-corrected chi connectivity index (χ0v) is 16.4. The Kier molecular flexibility index (Phi) is 4.33. The molecule has 144 valence electrons. The molecule has 0 spiro atoms. The van der Waals surface area contributed by atoms with Crippen molar-refractivity contribution >= 4 is 35.5 Å². The van der Waals surface area contributed by atoms with Gasteiger partial charge in [0.2, 0.25) is 11.9 Å². The first-order valence-electron chi connectivity index (χ1n) is 9.23. The molecule has 1 aromatic rings. The third-order valence-electron chi connectivity index (χ3n) is 5.37. The molecule has 1 fully saturated rings. The second kappa shape index (κ2) is 6.70. The van der Waals surface area contributed by atoms with E-state index < -0.39 is 6.04 Å². The minimum Gasteiger partial charge on any atom is -0.270 e. The Morgan fingerprint density at radius 3 is 2.57 bits per heavy atom. The van der Waals surface area contributed by atoms with E-state index in [1.807, 2.05) is 60.9 Å². The highest BCUT2D eigenvalue weighted by Gasteiger charge is 2.55. The third-order valence-corrected chi connectivity index (χ3v) is 5.37. The number of rotatable bonds is 3. The first kappa shape index (κ1) is 18.1. The molecular weight excluding hydrogens is 356 g/mol. The van der Waals surface area contributed by atoms with E-state index in [1.54, 1.807) is 12.1 Å². The lowest BCUT2D eigenvalue weighted by Gasteiger charge is -2.33. The van der Waals surface area contributed by atoms with Gasteiger partial charge < -0.3 is 0 Å². The number of imide groups is 1. The van der Waals surface area contributed by atoms with Crippen LogP contribution in [0.5, 0.6) is 0 Å². The molecule has 8 nitrogen and oxygen atoms in total. The van der Waals surface area contributed by atoms with Gasteiger partial charge >= 0.3 is 12.0 Å². The lowest BCUT2D eigenvalue weighted by molar-refractivity contribution is -0.559. The molecular formula is C20H23N6O2+. The zero-order chi connectivity index (χ0) is 20.0. The van der Waals surface area contributed by atoms with E-state index in [0.717, 1.165) is 16.2 Å². The molecule has 0 bridgehead atoms. The van der Waals surface area contributed by atoms with E-state index in [4.69, 9.17) is 0 Å². The summed E-state index contributed by atoms with van der Waals surface area (Å²) in [6.45, 7) is 4.45. The Labute approximate surface area is 163 Å². The van der Waals surface area contributed by atoms with Gasteiger partial charge in [-0.1, -0.05) is 41.4 Å². The zero-order valence-electron chi connectivity index (χ0n) is 16.4. The molecule has 0 aliphatic carbocycles. The summed E-state index contributed by atoms with van der Waals surface area (Å²) in [4.78, 5) is 32.4. The fourth-order valence-electron chi connectivity index (χ4n) is 3.63. The normalized spacial score (nSPS) is 24.6. The maximum Gasteiger partial charge on any atom is 0.417 e. The predicted octanol–water partition coefficient (Wildman–Crippen LogP) is 1.45. The quantitative estimate of drug-likeness (QED) is 0.747. The molecule has 0 radical (unpaired) electrons. The van der Waals surface area contributed by atoms with Gasteiger partial charge in [-0.05, 0) is 25.5 Å². The van der Waals surface area contributed by atoms with E-state index in [9.17, 15) is 9.59 Å². The van der Waals surface area contributed by atoms with Crippen molar-refractivity contribution in [1.82, 2.24) is 14.8 Å². The summed E-state index contributed by atoms with van der Waals surface area (Å²) >= 11 is 0. The number of benzene rings is 1. The summed E-state index contributed by atoms with van der Waals surface area (Å²) in [6.07, 6.45) is 4.04. The summed E-state index contributed by atoms with van der Waals surface area (Å²) in [5.74, 6) is 0.786. The molecule has 8 heteroatoms. The number of hydrogen-bond acceptors (Lipinski definition) is 5. The van der Waals surface area contributed by atoms with Crippen LogP contribution >= 0.6 is 0 Å². The number of hydrogen-bond donors (Lipinski definition) is 0. The van der Waals surface area contributed by atoms with Crippen LogP contribution < -0.4 is 0 Å². The van der Waals surface area contributed by atoms with Crippen LogP contribution in [0.15, 0.2) is 46.5 Å². The second-order valence-corrected chi connectivity index (χ2v) is 7.13. The van der Waals surface area contributed by atoms with Gasteiger partial charge in [0.25, 0.3) is 5.91 Å². The average molecular weight is 379 g/mol. The molecule has 1 saturated heterocycles. The van der Waals surface area contributed by atoms with Crippen LogP contribution in [0, 0.1) is 0 Å². The Morgan fingerprint density at radius 2 is 1.86 bits per heavy atom. The second-order valence-electron chi connectivity index (χ2n) is 7.13. The van der Waals surface area contributed by atoms with Crippen LogP contribution in [0.2, 0.25) is 0 Å². The van der Waals surface area contributed by atoms with Crippen molar-refractivity contribution in [2.24, 2.45) is 10.1 Å². The number of fused-ring (bicyclic) bond motifs is 2. The molecule has 0 aromatic heterocycles. The van der Waals surface area contributed by atoms with Crippen molar-refractivity contribution in [2.75, 3.05) is 20.6 Å². The summed E-state index contributed by atoms with van der Waals surface area (Å²) in [5, 5.41) is 6.45. The molecule has 0 saturated carbocycles. The van der Waals surface area contributed by atoms with Crippen LogP contribution in [0.3, 0.4) is 0 Å². The minimum absolute atomic E-state index is 0.0884. The van der Waals surface area contributed by atoms with Gasteiger partial charge in [-0.15, -0.1) is 10.1 Å². The predicted molar refractivity (Wildman–Crippen MR) is 107 cm³/mol. The van der Waals surface area contributed by atoms with Crippen molar-refractivity contribution in [3.05, 3.63) is 42.0 Å². The summed E-state index contributed by atoms with van der Waals surface area (Å²) in [6, 6.07) is 8.95. The molecule has 0 N–H and O–H groups in total. The Hall–Kier alpha value is -3.29. The molecule has 4 rings (SSSR count). The summed E-state index contributed by atoms with van der Waals surface area (Å²) < 4.78 is 1.95. The Bertz CT molecular complexity index is 962. The smallest absolute Gasteiger partial charge is 0.270 e. The molecule has 2 atom stereocenters. The Balaban J connectivity index is 1.67. The number of hydrazone groups is 1. The lowest BCUT2D eigenvalue weighted by Crippen LogP contribution is -2.63.